The molecule has 0 fully saturated rings. The number of nitrogens with zero attached hydrogens (tertiary/aromatic N) is 1. The summed E-state index contributed by atoms with van der Waals surface area (Å²) < 4.78 is 5.85. The second-order valence-corrected chi connectivity index (χ2v) is 10.0. The van der Waals surface area contributed by atoms with Gasteiger partial charge in [-0.3, -0.25) is 9.59 Å². The first kappa shape index (κ1) is 27.8. The molecule has 41 heavy (non-hydrogen) atoms. The van der Waals surface area contributed by atoms with E-state index in [1.807, 2.05) is 91.1 Å². The standard InChI is InChI=1S/C32H34N6O3/c1-21(33)31(39)38-29(20-41-19-22-10-4-2-5-11-22)32(40)37-27(16-24-17-34-26-15-9-8-14-25(24)26)30-35-18-28(36-30)23-12-6-3-7-13-23/h2-15,17-18,21,27,29,34H,16,19-20,33H2,1H3,(H,35,36)(H,37,40)(H,38,39)/t21?,27-,29?/m1/s1. The monoisotopic (exact) mass is 550 g/mol. The van der Waals surface area contributed by atoms with Gasteiger partial charge in [-0.15, -0.1) is 0 Å². The Labute approximate surface area is 238 Å². The number of nitrogens with two attached hydrogens (primary N) is 1. The summed E-state index contributed by atoms with van der Waals surface area (Å²) in [7, 11) is 0. The normalized spacial score (nSPS) is 13.4. The van der Waals surface area contributed by atoms with Gasteiger partial charge in [0, 0.05) is 23.5 Å². The molecule has 210 valence electrons. The number of ether oxygens (including phenoxy) is 1. The number of amides is 2. The van der Waals surface area contributed by atoms with Crippen molar-refractivity contribution < 1.29 is 14.3 Å². The van der Waals surface area contributed by atoms with E-state index in [0.717, 1.165) is 33.3 Å². The van der Waals surface area contributed by atoms with Gasteiger partial charge in [0.15, 0.2) is 0 Å². The minimum Gasteiger partial charge on any atom is -0.374 e. The predicted molar refractivity (Wildman–Crippen MR) is 159 cm³/mol. The number of para-hydroxylation sites is 1. The lowest BCUT2D eigenvalue weighted by atomic mass is 10.0. The van der Waals surface area contributed by atoms with E-state index in [9.17, 15) is 9.59 Å². The van der Waals surface area contributed by atoms with E-state index in [4.69, 9.17) is 10.5 Å². The molecule has 2 amide bonds. The molecule has 0 aliphatic heterocycles. The highest BCUT2D eigenvalue weighted by Gasteiger charge is 2.27. The van der Waals surface area contributed by atoms with Crippen LogP contribution in [0.1, 0.15) is 29.9 Å². The number of imidazole rings is 1. The van der Waals surface area contributed by atoms with Gasteiger partial charge < -0.3 is 31.1 Å². The fourth-order valence-electron chi connectivity index (χ4n) is 4.64. The Kier molecular flexibility index (Phi) is 8.88. The lowest BCUT2D eigenvalue weighted by Gasteiger charge is -2.23. The van der Waals surface area contributed by atoms with Gasteiger partial charge in [0.1, 0.15) is 11.9 Å². The zero-order valence-corrected chi connectivity index (χ0v) is 22.8. The van der Waals surface area contributed by atoms with E-state index in [0.29, 0.717) is 18.9 Å². The van der Waals surface area contributed by atoms with Crippen molar-refractivity contribution in [2.24, 2.45) is 5.73 Å². The highest BCUT2D eigenvalue weighted by atomic mass is 16.5. The third-order valence-electron chi connectivity index (χ3n) is 6.87. The van der Waals surface area contributed by atoms with Gasteiger partial charge in [-0.25, -0.2) is 4.98 Å². The zero-order valence-electron chi connectivity index (χ0n) is 22.8. The number of benzene rings is 3. The van der Waals surface area contributed by atoms with Crippen molar-refractivity contribution in [2.45, 2.75) is 38.1 Å². The third kappa shape index (κ3) is 7.08. The molecule has 0 radical (unpaired) electrons. The average Bonchev–Trinajstić information content (AvgIpc) is 3.65. The number of fused-ring (bicyclic) bond motifs is 1. The van der Waals surface area contributed by atoms with Gasteiger partial charge in [0.05, 0.1) is 37.2 Å². The molecule has 0 saturated carbocycles. The maximum atomic E-state index is 13.7. The number of carbonyl (C=O) groups is 2. The van der Waals surface area contributed by atoms with E-state index < -0.39 is 29.9 Å². The molecule has 2 heterocycles. The number of H-pyrrole nitrogens is 2. The summed E-state index contributed by atoms with van der Waals surface area (Å²) in [6, 6.07) is 25.3. The fourth-order valence-corrected chi connectivity index (χ4v) is 4.64. The van der Waals surface area contributed by atoms with Crippen LogP contribution in [0.5, 0.6) is 0 Å². The van der Waals surface area contributed by atoms with Crippen molar-refractivity contribution in [3.8, 4) is 11.3 Å². The Morgan fingerprint density at radius 1 is 0.927 bits per heavy atom. The molecule has 2 unspecified atom stereocenters. The number of hydrogen-bond acceptors (Lipinski definition) is 5. The SMILES string of the molecule is CC(N)C(=O)NC(COCc1ccccc1)C(=O)N[C@H](Cc1c[nH]c2ccccc12)c1ncc(-c2ccccc2)[nH]1. The maximum absolute atomic E-state index is 13.7. The molecule has 9 nitrogen and oxygen atoms in total. The topological polar surface area (TPSA) is 138 Å². The molecule has 5 aromatic rings. The highest BCUT2D eigenvalue weighted by Crippen LogP contribution is 2.25. The predicted octanol–water partition coefficient (Wildman–Crippen LogP) is 4.01. The molecule has 3 atom stereocenters. The van der Waals surface area contributed by atoms with E-state index in [2.05, 4.69) is 25.6 Å². The summed E-state index contributed by atoms with van der Waals surface area (Å²) in [6.07, 6.45) is 4.18. The van der Waals surface area contributed by atoms with Crippen molar-refractivity contribution in [1.29, 1.82) is 0 Å². The molecular weight excluding hydrogens is 516 g/mol. The number of nitrogens with one attached hydrogen (secondary N) is 4. The zero-order chi connectivity index (χ0) is 28.6. The van der Waals surface area contributed by atoms with Crippen molar-refractivity contribution in [3.05, 3.63) is 114 Å². The minimum absolute atomic E-state index is 0.0214. The van der Waals surface area contributed by atoms with Gasteiger partial charge >= 0.3 is 0 Å². The Balaban J connectivity index is 1.39. The summed E-state index contributed by atoms with van der Waals surface area (Å²) in [5.74, 6) is -0.231. The van der Waals surface area contributed by atoms with Crippen LogP contribution in [0.2, 0.25) is 0 Å². The van der Waals surface area contributed by atoms with Crippen LogP contribution in [0.15, 0.2) is 97.3 Å². The molecule has 0 spiro atoms. The highest BCUT2D eigenvalue weighted by molar-refractivity contribution is 5.90. The quantitative estimate of drug-likeness (QED) is 0.160. The minimum atomic E-state index is -0.953. The lowest BCUT2D eigenvalue weighted by Crippen LogP contribution is -2.53. The fraction of sp³-hybridized carbons (Fsp3) is 0.219. The summed E-state index contributed by atoms with van der Waals surface area (Å²) in [5, 5.41) is 6.92. The molecule has 3 aromatic carbocycles. The van der Waals surface area contributed by atoms with Gasteiger partial charge in [-0.2, -0.15) is 0 Å². The number of carbonyl (C=O) groups excluding carboxylic acids is 2. The third-order valence-corrected chi connectivity index (χ3v) is 6.87. The van der Waals surface area contributed by atoms with Gasteiger partial charge in [-0.05, 0) is 29.7 Å². The number of aromatic nitrogens is 3. The van der Waals surface area contributed by atoms with Crippen molar-refractivity contribution in [3.63, 3.8) is 0 Å². The Hall–Kier alpha value is -4.73. The first-order valence-electron chi connectivity index (χ1n) is 13.6. The van der Waals surface area contributed by atoms with Crippen LogP contribution in [0.4, 0.5) is 0 Å². The van der Waals surface area contributed by atoms with Crippen molar-refractivity contribution >= 4 is 22.7 Å². The Bertz CT molecular complexity index is 1580. The van der Waals surface area contributed by atoms with Crippen LogP contribution < -0.4 is 16.4 Å². The van der Waals surface area contributed by atoms with Crippen LogP contribution in [0.25, 0.3) is 22.2 Å². The van der Waals surface area contributed by atoms with E-state index in [-0.39, 0.29) is 6.61 Å². The molecule has 6 N–H and O–H groups in total. The molecule has 0 bridgehead atoms. The average molecular weight is 551 g/mol. The Morgan fingerprint density at radius 3 is 2.39 bits per heavy atom. The number of rotatable bonds is 12. The van der Waals surface area contributed by atoms with Gasteiger partial charge in [-0.1, -0.05) is 78.9 Å². The Morgan fingerprint density at radius 2 is 1.63 bits per heavy atom. The summed E-state index contributed by atoms with van der Waals surface area (Å²) >= 11 is 0. The van der Waals surface area contributed by atoms with E-state index in [1.54, 1.807) is 13.1 Å². The molecule has 0 aliphatic rings. The van der Waals surface area contributed by atoms with Gasteiger partial charge in [0.2, 0.25) is 11.8 Å². The first-order chi connectivity index (χ1) is 20.0. The largest absolute Gasteiger partial charge is 0.374 e. The molecule has 9 heteroatoms. The molecule has 0 aliphatic carbocycles. The molecule has 2 aromatic heterocycles. The van der Waals surface area contributed by atoms with Crippen LogP contribution >= 0.6 is 0 Å². The maximum Gasteiger partial charge on any atom is 0.245 e. The van der Waals surface area contributed by atoms with Crippen molar-refractivity contribution in [2.75, 3.05) is 6.61 Å². The van der Waals surface area contributed by atoms with Crippen LogP contribution in [-0.2, 0) is 27.4 Å². The smallest absolute Gasteiger partial charge is 0.245 e. The van der Waals surface area contributed by atoms with E-state index in [1.165, 1.54) is 0 Å². The van der Waals surface area contributed by atoms with Crippen LogP contribution in [0.3, 0.4) is 0 Å². The first-order valence-corrected chi connectivity index (χ1v) is 13.6. The molecule has 0 saturated heterocycles. The summed E-state index contributed by atoms with van der Waals surface area (Å²) in [5.41, 5.74) is 10.6. The molecular formula is C32H34N6O3. The summed E-state index contributed by atoms with van der Waals surface area (Å²) in [4.78, 5) is 37.5. The second-order valence-electron chi connectivity index (χ2n) is 10.0. The van der Waals surface area contributed by atoms with Crippen molar-refractivity contribution in [1.82, 2.24) is 25.6 Å². The number of hydrogen-bond donors (Lipinski definition) is 5. The lowest BCUT2D eigenvalue weighted by molar-refractivity contribution is -0.131. The van der Waals surface area contributed by atoms with Gasteiger partial charge in [0.25, 0.3) is 0 Å². The second kappa shape index (κ2) is 13.1. The molecule has 5 rings (SSSR count). The summed E-state index contributed by atoms with van der Waals surface area (Å²) in [6.45, 7) is 1.85. The number of aromatic amines is 2. The van der Waals surface area contributed by atoms with Crippen LogP contribution in [0, 0.1) is 0 Å². The van der Waals surface area contributed by atoms with Crippen LogP contribution in [-0.4, -0.2) is 45.5 Å². The van der Waals surface area contributed by atoms with E-state index >= 15 is 0 Å².